The molecule has 0 bridgehead atoms. The standard InChI is InChI=1S/C17H17ClN2O/c18-15-8-4-3-7-14(15)11-20-17(21)16-9-12-5-1-2-6-13(12)10-19-16/h1-8,16,19H,9-11H2,(H,20,21). The quantitative estimate of drug-likeness (QED) is 0.915. The molecular weight excluding hydrogens is 284 g/mol. The van der Waals surface area contributed by atoms with Crippen LogP contribution in [0.4, 0.5) is 0 Å². The highest BCUT2D eigenvalue weighted by atomic mass is 35.5. The van der Waals surface area contributed by atoms with Crippen molar-refractivity contribution in [3.8, 4) is 0 Å². The smallest absolute Gasteiger partial charge is 0.237 e. The van der Waals surface area contributed by atoms with Gasteiger partial charge in [0.05, 0.1) is 6.04 Å². The Hall–Kier alpha value is -1.84. The van der Waals surface area contributed by atoms with Crippen molar-refractivity contribution in [2.24, 2.45) is 0 Å². The van der Waals surface area contributed by atoms with E-state index in [1.54, 1.807) is 0 Å². The summed E-state index contributed by atoms with van der Waals surface area (Å²) in [5, 5.41) is 6.92. The molecule has 3 nitrogen and oxygen atoms in total. The third-order valence-electron chi connectivity index (χ3n) is 3.81. The molecule has 0 radical (unpaired) electrons. The Morgan fingerprint density at radius 1 is 1.14 bits per heavy atom. The summed E-state index contributed by atoms with van der Waals surface area (Å²) >= 11 is 6.09. The molecule has 1 atom stereocenters. The minimum Gasteiger partial charge on any atom is -0.351 e. The van der Waals surface area contributed by atoms with Crippen LogP contribution < -0.4 is 10.6 Å². The lowest BCUT2D eigenvalue weighted by Crippen LogP contribution is -2.47. The van der Waals surface area contributed by atoms with Crippen LogP contribution in [0.25, 0.3) is 0 Å². The van der Waals surface area contributed by atoms with Crippen LogP contribution in [-0.2, 0) is 24.3 Å². The van der Waals surface area contributed by atoms with Crippen LogP contribution in [0.5, 0.6) is 0 Å². The van der Waals surface area contributed by atoms with E-state index in [1.807, 2.05) is 36.4 Å². The first-order valence-electron chi connectivity index (χ1n) is 7.05. The maximum absolute atomic E-state index is 12.3. The van der Waals surface area contributed by atoms with E-state index in [1.165, 1.54) is 11.1 Å². The van der Waals surface area contributed by atoms with Crippen molar-refractivity contribution in [3.05, 3.63) is 70.2 Å². The van der Waals surface area contributed by atoms with Gasteiger partial charge in [-0.3, -0.25) is 4.79 Å². The lowest BCUT2D eigenvalue weighted by Gasteiger charge is -2.25. The van der Waals surface area contributed by atoms with E-state index in [4.69, 9.17) is 11.6 Å². The zero-order chi connectivity index (χ0) is 14.7. The summed E-state index contributed by atoms with van der Waals surface area (Å²) in [6.07, 6.45) is 0.727. The SMILES string of the molecule is O=C(NCc1ccccc1Cl)C1Cc2ccccc2CN1. The summed E-state index contributed by atoms with van der Waals surface area (Å²) in [7, 11) is 0. The first-order valence-corrected chi connectivity index (χ1v) is 7.43. The molecule has 1 aliphatic heterocycles. The topological polar surface area (TPSA) is 41.1 Å². The Bertz CT molecular complexity index is 657. The van der Waals surface area contributed by atoms with Crippen molar-refractivity contribution < 1.29 is 4.79 Å². The molecule has 0 saturated heterocycles. The monoisotopic (exact) mass is 300 g/mol. The number of nitrogens with one attached hydrogen (secondary N) is 2. The average Bonchev–Trinajstić information content (AvgIpc) is 2.53. The minimum atomic E-state index is -0.178. The maximum atomic E-state index is 12.3. The number of benzene rings is 2. The molecule has 2 aromatic carbocycles. The van der Waals surface area contributed by atoms with E-state index in [0.29, 0.717) is 11.6 Å². The van der Waals surface area contributed by atoms with Crippen molar-refractivity contribution in [2.45, 2.75) is 25.6 Å². The molecule has 1 unspecified atom stereocenters. The summed E-state index contributed by atoms with van der Waals surface area (Å²) in [4.78, 5) is 12.3. The summed E-state index contributed by atoms with van der Waals surface area (Å²) in [6, 6.07) is 15.6. The molecule has 0 aliphatic carbocycles. The first kappa shape index (κ1) is 14.1. The van der Waals surface area contributed by atoms with Crippen molar-refractivity contribution in [1.82, 2.24) is 10.6 Å². The number of halogens is 1. The summed E-state index contributed by atoms with van der Waals surface area (Å²) in [5.41, 5.74) is 3.45. The fourth-order valence-corrected chi connectivity index (χ4v) is 2.79. The second-order valence-electron chi connectivity index (χ2n) is 5.22. The zero-order valence-corrected chi connectivity index (χ0v) is 12.4. The maximum Gasteiger partial charge on any atom is 0.237 e. The van der Waals surface area contributed by atoms with Crippen LogP contribution in [0.3, 0.4) is 0 Å². The normalized spacial score (nSPS) is 17.1. The van der Waals surface area contributed by atoms with E-state index < -0.39 is 0 Å². The molecule has 3 rings (SSSR count). The van der Waals surface area contributed by atoms with Crippen LogP contribution in [0, 0.1) is 0 Å². The number of hydrogen-bond donors (Lipinski definition) is 2. The molecule has 1 aliphatic rings. The van der Waals surface area contributed by atoms with E-state index in [0.717, 1.165) is 18.5 Å². The lowest BCUT2D eigenvalue weighted by atomic mass is 9.95. The highest BCUT2D eigenvalue weighted by Crippen LogP contribution is 2.17. The Morgan fingerprint density at radius 2 is 1.86 bits per heavy atom. The van der Waals surface area contributed by atoms with Crippen LogP contribution in [0.2, 0.25) is 5.02 Å². The summed E-state index contributed by atoms with van der Waals surface area (Å²) in [6.45, 7) is 1.19. The number of carbonyl (C=O) groups is 1. The third kappa shape index (κ3) is 3.26. The van der Waals surface area contributed by atoms with Gasteiger partial charge in [-0.25, -0.2) is 0 Å². The molecule has 0 fully saturated rings. The molecular formula is C17H17ClN2O. The van der Waals surface area contributed by atoms with Gasteiger partial charge in [-0.15, -0.1) is 0 Å². The van der Waals surface area contributed by atoms with E-state index >= 15 is 0 Å². The number of amides is 1. The average molecular weight is 301 g/mol. The van der Waals surface area contributed by atoms with Gasteiger partial charge in [-0.05, 0) is 29.2 Å². The molecule has 1 amide bonds. The van der Waals surface area contributed by atoms with Crippen molar-refractivity contribution in [3.63, 3.8) is 0 Å². The predicted octanol–water partition coefficient (Wildman–Crippen LogP) is 2.67. The van der Waals surface area contributed by atoms with Gasteiger partial charge in [0.1, 0.15) is 0 Å². The number of hydrogen-bond acceptors (Lipinski definition) is 2. The van der Waals surface area contributed by atoms with Gasteiger partial charge in [0.15, 0.2) is 0 Å². The molecule has 21 heavy (non-hydrogen) atoms. The Balaban J connectivity index is 1.61. The third-order valence-corrected chi connectivity index (χ3v) is 4.18. The second kappa shape index (κ2) is 6.29. The van der Waals surface area contributed by atoms with Gasteiger partial charge in [0, 0.05) is 18.1 Å². The predicted molar refractivity (Wildman–Crippen MR) is 84.1 cm³/mol. The first-order chi connectivity index (χ1) is 10.2. The molecule has 4 heteroatoms. The minimum absolute atomic E-state index is 0.0180. The fourth-order valence-electron chi connectivity index (χ4n) is 2.59. The zero-order valence-electron chi connectivity index (χ0n) is 11.6. The van der Waals surface area contributed by atoms with Crippen LogP contribution in [0.15, 0.2) is 48.5 Å². The van der Waals surface area contributed by atoms with Crippen LogP contribution in [-0.4, -0.2) is 11.9 Å². The van der Waals surface area contributed by atoms with Gasteiger partial charge in [-0.2, -0.15) is 0 Å². The number of rotatable bonds is 3. The molecule has 108 valence electrons. The van der Waals surface area contributed by atoms with Crippen LogP contribution >= 0.6 is 11.6 Å². The van der Waals surface area contributed by atoms with E-state index in [2.05, 4.69) is 22.8 Å². The highest BCUT2D eigenvalue weighted by Gasteiger charge is 2.23. The number of fused-ring (bicyclic) bond motifs is 1. The molecule has 1 heterocycles. The van der Waals surface area contributed by atoms with Crippen molar-refractivity contribution in [2.75, 3.05) is 0 Å². The van der Waals surface area contributed by atoms with Gasteiger partial charge >= 0.3 is 0 Å². The Kier molecular flexibility index (Phi) is 4.23. The summed E-state index contributed by atoms with van der Waals surface area (Å²) < 4.78 is 0. The largest absolute Gasteiger partial charge is 0.351 e. The second-order valence-corrected chi connectivity index (χ2v) is 5.62. The van der Waals surface area contributed by atoms with E-state index in [-0.39, 0.29) is 11.9 Å². The lowest BCUT2D eigenvalue weighted by molar-refractivity contribution is -0.123. The molecule has 0 aromatic heterocycles. The molecule has 2 aromatic rings. The Labute approximate surface area is 129 Å². The van der Waals surface area contributed by atoms with Crippen molar-refractivity contribution in [1.29, 1.82) is 0 Å². The Morgan fingerprint density at radius 3 is 2.67 bits per heavy atom. The fraction of sp³-hybridized carbons (Fsp3) is 0.235. The van der Waals surface area contributed by atoms with Crippen molar-refractivity contribution >= 4 is 17.5 Å². The highest BCUT2D eigenvalue weighted by molar-refractivity contribution is 6.31. The van der Waals surface area contributed by atoms with Gasteiger partial charge in [0.25, 0.3) is 0 Å². The van der Waals surface area contributed by atoms with Crippen LogP contribution in [0.1, 0.15) is 16.7 Å². The van der Waals surface area contributed by atoms with E-state index in [9.17, 15) is 4.79 Å². The van der Waals surface area contributed by atoms with Gasteiger partial charge in [0.2, 0.25) is 5.91 Å². The van der Waals surface area contributed by atoms with Gasteiger partial charge in [-0.1, -0.05) is 54.1 Å². The van der Waals surface area contributed by atoms with Gasteiger partial charge < -0.3 is 10.6 Å². The molecule has 0 spiro atoms. The molecule has 0 saturated carbocycles. The molecule has 2 N–H and O–H groups in total. The number of carbonyl (C=O) groups excluding carboxylic acids is 1. The summed E-state index contributed by atoms with van der Waals surface area (Å²) in [5.74, 6) is 0.0180.